The molecule has 2 atom stereocenters. The van der Waals surface area contributed by atoms with Crippen molar-refractivity contribution in [3.8, 4) is 0 Å². The molecule has 0 bridgehead atoms. The first-order valence-electron chi connectivity index (χ1n) is 3.46. The second-order valence-electron chi connectivity index (χ2n) is 2.51. The lowest BCUT2D eigenvalue weighted by molar-refractivity contribution is 0.700. The summed E-state index contributed by atoms with van der Waals surface area (Å²) in [6.45, 7) is 3.18. The molecule has 1 unspecified atom stereocenters. The molecule has 1 aliphatic rings. The quantitative estimate of drug-likeness (QED) is 0.548. The molecule has 0 aliphatic carbocycles. The van der Waals surface area contributed by atoms with E-state index in [-0.39, 0.29) is 10.9 Å². The van der Waals surface area contributed by atoms with Crippen molar-refractivity contribution >= 4 is 10.9 Å². The third-order valence-corrected chi connectivity index (χ3v) is 3.21. The summed E-state index contributed by atoms with van der Waals surface area (Å²) < 4.78 is 4.31. The molecule has 0 fully saturated rings. The Bertz CT molecular complexity index is 122. The molecule has 9 heavy (non-hydrogen) atoms. The van der Waals surface area contributed by atoms with Crippen LogP contribution in [0.3, 0.4) is 0 Å². The molecule has 0 spiro atoms. The molecule has 3 heteroatoms. The number of rotatable bonds is 0. The van der Waals surface area contributed by atoms with Gasteiger partial charge in [-0.15, -0.1) is 0 Å². The van der Waals surface area contributed by atoms with Crippen LogP contribution in [0.1, 0.15) is 26.2 Å². The van der Waals surface area contributed by atoms with Gasteiger partial charge >= 0.3 is 0 Å². The molecule has 54 valence electrons. The minimum Gasteiger partial charge on any atom is -0.269 e. The van der Waals surface area contributed by atoms with Crippen molar-refractivity contribution in [1.82, 2.24) is 0 Å². The van der Waals surface area contributed by atoms with E-state index in [0.717, 1.165) is 6.54 Å². The second kappa shape index (κ2) is 3.32. The van der Waals surface area contributed by atoms with Crippen LogP contribution in [0.25, 0.3) is 0 Å². The number of hydrogen-bond donors (Lipinski definition) is 1. The van der Waals surface area contributed by atoms with Gasteiger partial charge in [0.25, 0.3) is 0 Å². The lowest BCUT2D eigenvalue weighted by Crippen LogP contribution is -2.16. The normalized spacial score (nSPS) is 37.1. The molecular weight excluding hydrogens is 132 g/mol. The maximum atomic E-state index is 5.74. The molecule has 0 aromatic carbocycles. The average Bonchev–Trinajstić information content (AvgIpc) is 1.99. The van der Waals surface area contributed by atoms with Crippen LogP contribution in [-0.2, 0) is 10.9 Å². The van der Waals surface area contributed by atoms with Gasteiger partial charge in [0.05, 0.1) is 0 Å². The van der Waals surface area contributed by atoms with E-state index in [4.69, 9.17) is 5.14 Å². The molecule has 0 aromatic heterocycles. The zero-order valence-corrected chi connectivity index (χ0v) is 6.66. The highest BCUT2D eigenvalue weighted by Crippen LogP contribution is 2.10. The van der Waals surface area contributed by atoms with Gasteiger partial charge in [-0.3, -0.25) is 9.50 Å². The van der Waals surface area contributed by atoms with Crippen LogP contribution in [0.2, 0.25) is 0 Å². The Morgan fingerprint density at radius 1 is 1.56 bits per heavy atom. The monoisotopic (exact) mass is 146 g/mol. The Hall–Kier alpha value is 0.110. The number of hydrogen-bond acceptors (Lipinski definition) is 2. The van der Waals surface area contributed by atoms with Crippen LogP contribution in [0.5, 0.6) is 0 Å². The third kappa shape index (κ3) is 2.06. The van der Waals surface area contributed by atoms with Crippen LogP contribution in [-0.4, -0.2) is 11.8 Å². The van der Waals surface area contributed by atoms with Gasteiger partial charge in [-0.05, 0) is 23.7 Å². The van der Waals surface area contributed by atoms with Crippen molar-refractivity contribution < 1.29 is 0 Å². The van der Waals surface area contributed by atoms with Gasteiger partial charge in [0.2, 0.25) is 0 Å². The fourth-order valence-corrected chi connectivity index (χ4v) is 1.96. The number of nitrogens with zero attached hydrogens (tertiary/aromatic N) is 1. The zero-order valence-electron chi connectivity index (χ0n) is 5.84. The van der Waals surface area contributed by atoms with E-state index < -0.39 is 0 Å². The van der Waals surface area contributed by atoms with Crippen LogP contribution in [0.4, 0.5) is 0 Å². The summed E-state index contributed by atoms with van der Waals surface area (Å²) in [5.74, 6) is 0. The van der Waals surface area contributed by atoms with Gasteiger partial charge in [-0.1, -0.05) is 13.3 Å². The average molecular weight is 146 g/mol. The molecule has 1 rings (SSSR count). The first-order valence-corrected chi connectivity index (χ1v) is 4.76. The first-order chi connectivity index (χ1) is 4.30. The van der Waals surface area contributed by atoms with Gasteiger partial charge in [-0.25, -0.2) is 0 Å². The van der Waals surface area contributed by atoms with E-state index in [0.29, 0.717) is 5.25 Å². The molecule has 0 saturated carbocycles. The van der Waals surface area contributed by atoms with Crippen molar-refractivity contribution in [1.29, 1.82) is 0 Å². The highest BCUT2D eigenvalue weighted by atomic mass is 32.2. The smallest absolute Gasteiger partial charge is 0.0472 e. The molecule has 0 aromatic rings. The third-order valence-electron chi connectivity index (χ3n) is 1.67. The molecule has 2 N–H and O–H groups in total. The highest BCUT2D eigenvalue weighted by molar-refractivity contribution is 7.85. The SMILES string of the molecule is CC1CCCCN=[S@]1N. The van der Waals surface area contributed by atoms with E-state index in [9.17, 15) is 0 Å². The zero-order chi connectivity index (χ0) is 6.69. The van der Waals surface area contributed by atoms with E-state index in [1.807, 2.05) is 0 Å². The van der Waals surface area contributed by atoms with E-state index in [2.05, 4.69) is 11.3 Å². The van der Waals surface area contributed by atoms with Gasteiger partial charge in [0, 0.05) is 11.8 Å². The Morgan fingerprint density at radius 2 is 2.33 bits per heavy atom. The first kappa shape index (κ1) is 7.22. The lowest BCUT2D eigenvalue weighted by atomic mass is 10.2. The van der Waals surface area contributed by atoms with Gasteiger partial charge < -0.3 is 0 Å². The fourth-order valence-electron chi connectivity index (χ4n) is 0.962. The minimum absolute atomic E-state index is 0.127. The molecular formula is C6H14N2S. The largest absolute Gasteiger partial charge is 0.269 e. The molecule has 2 nitrogen and oxygen atoms in total. The number of nitrogens with two attached hydrogens (primary N) is 1. The molecule has 0 amide bonds. The summed E-state index contributed by atoms with van der Waals surface area (Å²) >= 11 is 0. The Kier molecular flexibility index (Phi) is 2.66. The van der Waals surface area contributed by atoms with Gasteiger partial charge in [0.1, 0.15) is 0 Å². The maximum Gasteiger partial charge on any atom is 0.0472 e. The van der Waals surface area contributed by atoms with Crippen LogP contribution in [0, 0.1) is 0 Å². The van der Waals surface area contributed by atoms with Gasteiger partial charge in [0.15, 0.2) is 0 Å². The fraction of sp³-hybridized carbons (Fsp3) is 1.00. The van der Waals surface area contributed by atoms with Gasteiger partial charge in [-0.2, -0.15) is 0 Å². The molecule has 0 radical (unpaired) electrons. The molecule has 1 aliphatic heterocycles. The molecule has 1 heterocycles. The van der Waals surface area contributed by atoms with Crippen molar-refractivity contribution in [2.24, 2.45) is 9.50 Å². The van der Waals surface area contributed by atoms with E-state index >= 15 is 0 Å². The Labute approximate surface area is 59.1 Å². The minimum atomic E-state index is -0.127. The topological polar surface area (TPSA) is 38.4 Å². The summed E-state index contributed by atoms with van der Waals surface area (Å²) in [5.41, 5.74) is 0. The lowest BCUT2D eigenvalue weighted by Gasteiger charge is -2.06. The Morgan fingerprint density at radius 3 is 3.11 bits per heavy atom. The summed E-state index contributed by atoms with van der Waals surface area (Å²) in [7, 11) is -0.127. The maximum absolute atomic E-state index is 5.74. The predicted octanol–water partition coefficient (Wildman–Crippen LogP) is 1.23. The van der Waals surface area contributed by atoms with Crippen LogP contribution in [0.15, 0.2) is 4.36 Å². The van der Waals surface area contributed by atoms with Crippen molar-refractivity contribution in [3.63, 3.8) is 0 Å². The van der Waals surface area contributed by atoms with Crippen molar-refractivity contribution in [3.05, 3.63) is 0 Å². The molecule has 0 saturated heterocycles. The van der Waals surface area contributed by atoms with E-state index in [1.54, 1.807) is 0 Å². The predicted molar refractivity (Wildman–Crippen MR) is 42.2 cm³/mol. The summed E-state index contributed by atoms with van der Waals surface area (Å²) in [6, 6.07) is 0. The van der Waals surface area contributed by atoms with Crippen molar-refractivity contribution in [2.75, 3.05) is 6.54 Å². The Balaban J connectivity index is 2.51. The van der Waals surface area contributed by atoms with E-state index in [1.165, 1.54) is 19.3 Å². The second-order valence-corrected chi connectivity index (χ2v) is 4.26. The van der Waals surface area contributed by atoms with Crippen LogP contribution >= 0.6 is 0 Å². The van der Waals surface area contributed by atoms with Crippen LogP contribution < -0.4 is 5.14 Å². The van der Waals surface area contributed by atoms with Crippen molar-refractivity contribution in [2.45, 2.75) is 31.4 Å². The summed E-state index contributed by atoms with van der Waals surface area (Å²) in [4.78, 5) is 0. The standard InChI is InChI=1S/C6H14N2S/c1-6-4-2-3-5-8-9(6)7/h6H,2-5H2,1H3,(H2,7,8)/t6?,9-/m1/s1. The highest BCUT2D eigenvalue weighted by Gasteiger charge is 2.07. The summed E-state index contributed by atoms with van der Waals surface area (Å²) in [5, 5.41) is 6.37. The summed E-state index contributed by atoms with van der Waals surface area (Å²) in [6.07, 6.45) is 3.82.